The molecule has 0 saturated heterocycles. The summed E-state index contributed by atoms with van der Waals surface area (Å²) in [4.78, 5) is 11.7. The molecule has 3 heteroatoms. The van der Waals surface area contributed by atoms with Crippen LogP contribution >= 0.6 is 0 Å². The van der Waals surface area contributed by atoms with E-state index >= 15 is 0 Å². The molecule has 0 amide bonds. The third-order valence-corrected chi connectivity index (χ3v) is 2.77. The van der Waals surface area contributed by atoms with Crippen molar-refractivity contribution >= 4 is 5.78 Å². The van der Waals surface area contributed by atoms with E-state index in [1.165, 1.54) is 6.08 Å². The molecular formula is C12H18O3. The first-order chi connectivity index (χ1) is 6.94. The van der Waals surface area contributed by atoms with E-state index < -0.39 is 11.5 Å². The third kappa shape index (κ3) is 2.12. The molecule has 1 N–H and O–H groups in total. The molecule has 0 aliphatic carbocycles. The maximum absolute atomic E-state index is 11.7. The van der Waals surface area contributed by atoms with Crippen LogP contribution in [0.2, 0.25) is 0 Å². The highest BCUT2D eigenvalue weighted by Crippen LogP contribution is 2.33. The Morgan fingerprint density at radius 1 is 1.73 bits per heavy atom. The van der Waals surface area contributed by atoms with Crippen molar-refractivity contribution in [2.24, 2.45) is 11.3 Å². The van der Waals surface area contributed by atoms with Crippen molar-refractivity contribution in [1.29, 1.82) is 0 Å². The van der Waals surface area contributed by atoms with E-state index in [0.717, 1.165) is 0 Å². The van der Waals surface area contributed by atoms with Crippen molar-refractivity contribution in [3.8, 4) is 0 Å². The molecule has 0 radical (unpaired) electrons. The highest BCUT2D eigenvalue weighted by atomic mass is 16.5. The lowest BCUT2D eigenvalue weighted by Crippen LogP contribution is -2.38. The Morgan fingerprint density at radius 2 is 2.33 bits per heavy atom. The molecule has 1 rings (SSSR count). The molecule has 84 valence electrons. The number of carbonyl (C=O) groups is 1. The summed E-state index contributed by atoms with van der Waals surface area (Å²) in [5.41, 5.74) is -0.704. The SMILES string of the molecule is C=C[C@@](C)(CO)C1OC(C(C)C)=CC1=O. The maximum atomic E-state index is 11.7. The van der Waals surface area contributed by atoms with Gasteiger partial charge in [0.25, 0.3) is 0 Å². The Balaban J connectivity index is 2.87. The van der Waals surface area contributed by atoms with Gasteiger partial charge in [-0.25, -0.2) is 0 Å². The van der Waals surface area contributed by atoms with Gasteiger partial charge in [0.05, 0.1) is 12.0 Å². The molecule has 3 nitrogen and oxygen atoms in total. The fourth-order valence-electron chi connectivity index (χ4n) is 1.46. The second kappa shape index (κ2) is 4.19. The molecule has 0 fully saturated rings. The van der Waals surface area contributed by atoms with Gasteiger partial charge < -0.3 is 9.84 Å². The molecule has 0 spiro atoms. The Morgan fingerprint density at radius 3 is 2.67 bits per heavy atom. The van der Waals surface area contributed by atoms with Crippen molar-refractivity contribution in [3.63, 3.8) is 0 Å². The van der Waals surface area contributed by atoms with Gasteiger partial charge in [0, 0.05) is 12.0 Å². The monoisotopic (exact) mass is 210 g/mol. The summed E-state index contributed by atoms with van der Waals surface area (Å²) in [6, 6.07) is 0. The summed E-state index contributed by atoms with van der Waals surface area (Å²) in [7, 11) is 0. The van der Waals surface area contributed by atoms with Crippen LogP contribution in [0.5, 0.6) is 0 Å². The van der Waals surface area contributed by atoms with Gasteiger partial charge in [-0.3, -0.25) is 4.79 Å². The van der Waals surface area contributed by atoms with Crippen molar-refractivity contribution < 1.29 is 14.6 Å². The molecule has 1 unspecified atom stereocenters. The minimum atomic E-state index is -0.704. The molecular weight excluding hydrogens is 192 g/mol. The molecule has 15 heavy (non-hydrogen) atoms. The Kier molecular flexibility index (Phi) is 3.35. The summed E-state index contributed by atoms with van der Waals surface area (Å²) >= 11 is 0. The number of carbonyl (C=O) groups excluding carboxylic acids is 1. The minimum Gasteiger partial charge on any atom is -0.485 e. The van der Waals surface area contributed by atoms with Crippen LogP contribution in [-0.2, 0) is 9.53 Å². The first-order valence-electron chi connectivity index (χ1n) is 5.11. The Bertz CT molecular complexity index is 304. The number of allylic oxidation sites excluding steroid dienone is 1. The van der Waals surface area contributed by atoms with Crippen molar-refractivity contribution in [2.75, 3.05) is 6.61 Å². The van der Waals surface area contributed by atoms with Crippen LogP contribution in [0.4, 0.5) is 0 Å². The summed E-state index contributed by atoms with van der Waals surface area (Å²) < 4.78 is 5.56. The van der Waals surface area contributed by atoms with Gasteiger partial charge in [0.2, 0.25) is 0 Å². The van der Waals surface area contributed by atoms with E-state index in [4.69, 9.17) is 4.74 Å². The number of hydrogen-bond acceptors (Lipinski definition) is 3. The Hall–Kier alpha value is -1.09. The van der Waals surface area contributed by atoms with Gasteiger partial charge in [-0.15, -0.1) is 6.58 Å². The number of aliphatic hydroxyl groups excluding tert-OH is 1. The maximum Gasteiger partial charge on any atom is 0.200 e. The average Bonchev–Trinajstić information content (AvgIpc) is 2.60. The molecule has 0 aromatic carbocycles. The highest BCUT2D eigenvalue weighted by Gasteiger charge is 2.41. The molecule has 0 bridgehead atoms. The first kappa shape index (κ1) is 12.0. The summed E-state index contributed by atoms with van der Waals surface area (Å²) in [5, 5.41) is 9.26. The second-order valence-corrected chi connectivity index (χ2v) is 4.47. The zero-order valence-corrected chi connectivity index (χ0v) is 9.49. The zero-order chi connectivity index (χ0) is 11.6. The van der Waals surface area contributed by atoms with Gasteiger partial charge >= 0.3 is 0 Å². The van der Waals surface area contributed by atoms with Crippen LogP contribution < -0.4 is 0 Å². The van der Waals surface area contributed by atoms with E-state index in [-0.39, 0.29) is 18.3 Å². The quantitative estimate of drug-likeness (QED) is 0.718. The van der Waals surface area contributed by atoms with Gasteiger partial charge in [0.1, 0.15) is 5.76 Å². The number of aliphatic hydroxyl groups is 1. The normalized spacial score (nSPS) is 24.7. The average molecular weight is 210 g/mol. The standard InChI is InChI=1S/C12H18O3/c1-5-12(4,7-13)11-9(14)6-10(15-11)8(2)3/h5-6,8,11,13H,1,7H2,2-4H3/t11?,12-/m0/s1. The number of ketones is 1. The van der Waals surface area contributed by atoms with Crippen LogP contribution in [-0.4, -0.2) is 23.6 Å². The number of rotatable bonds is 4. The molecule has 1 aliphatic heterocycles. The van der Waals surface area contributed by atoms with E-state index in [0.29, 0.717) is 5.76 Å². The number of ether oxygens (including phenoxy) is 1. The van der Waals surface area contributed by atoms with Crippen LogP contribution in [0.15, 0.2) is 24.5 Å². The minimum absolute atomic E-state index is 0.0878. The molecule has 0 saturated carbocycles. The lowest BCUT2D eigenvalue weighted by atomic mass is 9.83. The second-order valence-electron chi connectivity index (χ2n) is 4.47. The van der Waals surface area contributed by atoms with Gasteiger partial charge in [-0.05, 0) is 6.92 Å². The molecule has 0 aromatic rings. The summed E-state index contributed by atoms with van der Waals surface area (Å²) in [6.07, 6.45) is 2.47. The van der Waals surface area contributed by atoms with Crippen molar-refractivity contribution in [2.45, 2.75) is 26.9 Å². The van der Waals surface area contributed by atoms with E-state index in [9.17, 15) is 9.90 Å². The van der Waals surface area contributed by atoms with Gasteiger partial charge in [0.15, 0.2) is 11.9 Å². The number of hydrogen-bond donors (Lipinski definition) is 1. The molecule has 1 aliphatic rings. The lowest BCUT2D eigenvalue weighted by Gasteiger charge is -2.29. The van der Waals surface area contributed by atoms with Gasteiger partial charge in [-0.2, -0.15) is 0 Å². The van der Waals surface area contributed by atoms with Crippen molar-refractivity contribution in [1.82, 2.24) is 0 Å². The summed E-state index contributed by atoms with van der Waals surface area (Å²) in [5.74, 6) is 0.786. The summed E-state index contributed by atoms with van der Waals surface area (Å²) in [6.45, 7) is 9.18. The third-order valence-electron chi connectivity index (χ3n) is 2.77. The van der Waals surface area contributed by atoms with Crippen LogP contribution in [0.3, 0.4) is 0 Å². The van der Waals surface area contributed by atoms with Crippen LogP contribution in [0, 0.1) is 11.3 Å². The first-order valence-corrected chi connectivity index (χ1v) is 5.11. The lowest BCUT2D eigenvalue weighted by molar-refractivity contribution is -0.126. The predicted octanol–water partition coefficient (Wildman–Crippen LogP) is 1.68. The van der Waals surface area contributed by atoms with Crippen molar-refractivity contribution in [3.05, 3.63) is 24.5 Å². The van der Waals surface area contributed by atoms with E-state index in [1.807, 2.05) is 13.8 Å². The smallest absolute Gasteiger partial charge is 0.200 e. The van der Waals surface area contributed by atoms with Crippen LogP contribution in [0.25, 0.3) is 0 Å². The zero-order valence-electron chi connectivity index (χ0n) is 9.49. The highest BCUT2D eigenvalue weighted by molar-refractivity contribution is 5.96. The van der Waals surface area contributed by atoms with Crippen LogP contribution in [0.1, 0.15) is 20.8 Å². The molecule has 0 aromatic heterocycles. The molecule has 2 atom stereocenters. The van der Waals surface area contributed by atoms with Gasteiger partial charge in [-0.1, -0.05) is 19.9 Å². The van der Waals surface area contributed by atoms with E-state index in [2.05, 4.69) is 6.58 Å². The van der Waals surface area contributed by atoms with E-state index in [1.54, 1.807) is 13.0 Å². The molecule has 1 heterocycles. The fraction of sp³-hybridized carbons (Fsp3) is 0.583. The fourth-order valence-corrected chi connectivity index (χ4v) is 1.46. The topological polar surface area (TPSA) is 46.5 Å². The largest absolute Gasteiger partial charge is 0.485 e. The predicted molar refractivity (Wildman–Crippen MR) is 58.2 cm³/mol. The Labute approximate surface area is 90.4 Å².